The summed E-state index contributed by atoms with van der Waals surface area (Å²) in [5.74, 6) is -0.518. The van der Waals surface area contributed by atoms with E-state index in [9.17, 15) is 14.3 Å². The van der Waals surface area contributed by atoms with E-state index in [-0.39, 0.29) is 11.8 Å². The fourth-order valence-electron chi connectivity index (χ4n) is 2.12. The lowest BCUT2D eigenvalue weighted by Crippen LogP contribution is -2.66. The second-order valence-electron chi connectivity index (χ2n) is 5.38. The van der Waals surface area contributed by atoms with E-state index >= 15 is 0 Å². The Kier molecular flexibility index (Phi) is 3.15. The van der Waals surface area contributed by atoms with E-state index in [1.807, 2.05) is 13.8 Å². The van der Waals surface area contributed by atoms with Gasteiger partial charge in [-0.1, -0.05) is 19.9 Å². The quantitative estimate of drug-likeness (QED) is 0.873. The van der Waals surface area contributed by atoms with Crippen molar-refractivity contribution in [2.45, 2.75) is 26.4 Å². The van der Waals surface area contributed by atoms with Crippen LogP contribution in [0.4, 0.5) is 4.39 Å². The zero-order chi connectivity index (χ0) is 13.5. The topological polar surface area (TPSA) is 40.5 Å². The first-order chi connectivity index (χ1) is 8.33. The normalized spacial score (nSPS) is 17.8. The van der Waals surface area contributed by atoms with Gasteiger partial charge in [-0.25, -0.2) is 4.39 Å². The molecule has 1 N–H and O–H groups in total. The van der Waals surface area contributed by atoms with E-state index < -0.39 is 11.4 Å². The Balaban J connectivity index is 2.13. The minimum Gasteiger partial charge on any atom is -0.386 e. The Bertz CT molecular complexity index is 479. The zero-order valence-electron chi connectivity index (χ0n) is 10.9. The molecule has 1 heterocycles. The molecule has 0 aliphatic carbocycles. The highest BCUT2D eigenvalue weighted by Gasteiger charge is 2.46. The van der Waals surface area contributed by atoms with E-state index in [2.05, 4.69) is 0 Å². The molecular formula is C14H18FNO2. The lowest BCUT2D eigenvalue weighted by atomic mass is 9.82. The highest BCUT2D eigenvalue weighted by Crippen LogP contribution is 2.30. The first-order valence-corrected chi connectivity index (χ1v) is 6.11. The van der Waals surface area contributed by atoms with Gasteiger partial charge >= 0.3 is 0 Å². The predicted molar refractivity (Wildman–Crippen MR) is 66.8 cm³/mol. The van der Waals surface area contributed by atoms with Gasteiger partial charge in [-0.05, 0) is 30.5 Å². The van der Waals surface area contributed by atoms with Crippen molar-refractivity contribution < 1.29 is 14.3 Å². The lowest BCUT2D eigenvalue weighted by molar-refractivity contribution is -0.110. The molecule has 0 radical (unpaired) electrons. The highest BCUT2D eigenvalue weighted by atomic mass is 19.1. The summed E-state index contributed by atoms with van der Waals surface area (Å²) in [6.45, 7) is 6.27. The standard InChI is InChI=1S/C14H18FNO2/c1-9(2)14(18)7-16(8-14)13(17)12-6-11(15)5-4-10(12)3/h4-6,9,18H,7-8H2,1-3H3. The summed E-state index contributed by atoms with van der Waals surface area (Å²) in [6.07, 6.45) is 0. The number of likely N-dealkylation sites (tertiary alicyclic amines) is 1. The number of rotatable bonds is 2. The molecule has 0 saturated carbocycles. The van der Waals surface area contributed by atoms with Gasteiger partial charge in [0.2, 0.25) is 0 Å². The Labute approximate surface area is 106 Å². The zero-order valence-corrected chi connectivity index (χ0v) is 10.9. The molecule has 1 fully saturated rings. The van der Waals surface area contributed by atoms with Crippen LogP contribution in [0, 0.1) is 18.7 Å². The first-order valence-electron chi connectivity index (χ1n) is 6.11. The number of halogens is 1. The van der Waals surface area contributed by atoms with E-state index in [4.69, 9.17) is 0 Å². The molecule has 18 heavy (non-hydrogen) atoms. The molecule has 1 aromatic carbocycles. The number of aryl methyl sites for hydroxylation is 1. The predicted octanol–water partition coefficient (Wildman–Crippen LogP) is 1.98. The fraction of sp³-hybridized carbons (Fsp3) is 0.500. The van der Waals surface area contributed by atoms with Crippen LogP contribution < -0.4 is 0 Å². The van der Waals surface area contributed by atoms with Gasteiger partial charge in [0.1, 0.15) is 11.4 Å². The monoisotopic (exact) mass is 251 g/mol. The number of nitrogens with zero attached hydrogens (tertiary/aromatic N) is 1. The van der Waals surface area contributed by atoms with Gasteiger partial charge in [0.25, 0.3) is 5.91 Å². The maximum atomic E-state index is 13.2. The summed E-state index contributed by atoms with van der Waals surface area (Å²) in [5.41, 5.74) is 0.332. The molecule has 0 unspecified atom stereocenters. The van der Waals surface area contributed by atoms with Gasteiger partial charge < -0.3 is 10.0 Å². The van der Waals surface area contributed by atoms with Crippen molar-refractivity contribution in [3.8, 4) is 0 Å². The molecule has 1 aliphatic rings. The van der Waals surface area contributed by atoms with Gasteiger partial charge in [0.05, 0.1) is 13.1 Å². The van der Waals surface area contributed by atoms with E-state index in [1.165, 1.54) is 12.1 Å². The van der Waals surface area contributed by atoms with Crippen molar-refractivity contribution in [3.63, 3.8) is 0 Å². The molecule has 1 aromatic rings. The van der Waals surface area contributed by atoms with Crippen molar-refractivity contribution >= 4 is 5.91 Å². The number of benzene rings is 1. The van der Waals surface area contributed by atoms with E-state index in [1.54, 1.807) is 17.9 Å². The molecular weight excluding hydrogens is 233 g/mol. The molecule has 2 rings (SSSR count). The third-order valence-corrected chi connectivity index (χ3v) is 3.72. The number of hydrogen-bond donors (Lipinski definition) is 1. The van der Waals surface area contributed by atoms with Crippen molar-refractivity contribution in [3.05, 3.63) is 35.1 Å². The first kappa shape index (κ1) is 13.0. The van der Waals surface area contributed by atoms with Crippen LogP contribution in [-0.2, 0) is 0 Å². The van der Waals surface area contributed by atoms with Crippen molar-refractivity contribution in [2.75, 3.05) is 13.1 Å². The molecule has 0 bridgehead atoms. The van der Waals surface area contributed by atoms with Gasteiger partial charge in [0.15, 0.2) is 0 Å². The van der Waals surface area contributed by atoms with Crippen LogP contribution in [0.25, 0.3) is 0 Å². The third-order valence-electron chi connectivity index (χ3n) is 3.72. The summed E-state index contributed by atoms with van der Waals surface area (Å²) in [4.78, 5) is 13.7. The second-order valence-corrected chi connectivity index (χ2v) is 5.38. The van der Waals surface area contributed by atoms with Crippen molar-refractivity contribution in [1.82, 2.24) is 4.90 Å². The molecule has 1 amide bonds. The number of aliphatic hydroxyl groups is 1. The molecule has 0 spiro atoms. The van der Waals surface area contributed by atoms with Crippen molar-refractivity contribution in [1.29, 1.82) is 0 Å². The maximum absolute atomic E-state index is 13.2. The van der Waals surface area contributed by atoms with Crippen LogP contribution in [0.2, 0.25) is 0 Å². The van der Waals surface area contributed by atoms with Gasteiger partial charge in [-0.15, -0.1) is 0 Å². The maximum Gasteiger partial charge on any atom is 0.254 e. The third kappa shape index (κ3) is 2.12. The number of hydrogen-bond acceptors (Lipinski definition) is 2. The number of amides is 1. The van der Waals surface area contributed by atoms with Crippen LogP contribution in [0.5, 0.6) is 0 Å². The Morgan fingerprint density at radius 2 is 2.06 bits per heavy atom. The lowest BCUT2D eigenvalue weighted by Gasteiger charge is -2.49. The second kappa shape index (κ2) is 4.35. The minimum absolute atomic E-state index is 0.107. The summed E-state index contributed by atoms with van der Waals surface area (Å²) >= 11 is 0. The summed E-state index contributed by atoms with van der Waals surface area (Å²) in [7, 11) is 0. The molecule has 98 valence electrons. The van der Waals surface area contributed by atoms with Crippen LogP contribution >= 0.6 is 0 Å². The molecule has 1 aliphatic heterocycles. The average molecular weight is 251 g/mol. The summed E-state index contributed by atoms with van der Waals surface area (Å²) in [5, 5.41) is 10.1. The van der Waals surface area contributed by atoms with Gasteiger partial charge in [0, 0.05) is 5.56 Å². The average Bonchev–Trinajstić information content (AvgIpc) is 2.27. The minimum atomic E-state index is -0.795. The van der Waals surface area contributed by atoms with Crippen molar-refractivity contribution in [2.24, 2.45) is 5.92 Å². The van der Waals surface area contributed by atoms with Crippen LogP contribution in [-0.4, -0.2) is 34.6 Å². The Hall–Kier alpha value is -1.42. The van der Waals surface area contributed by atoms with Crippen LogP contribution in [0.15, 0.2) is 18.2 Å². The summed E-state index contributed by atoms with van der Waals surface area (Å²) < 4.78 is 13.2. The molecule has 0 aromatic heterocycles. The molecule has 3 nitrogen and oxygen atoms in total. The molecule has 0 atom stereocenters. The van der Waals surface area contributed by atoms with E-state index in [0.717, 1.165) is 5.56 Å². The van der Waals surface area contributed by atoms with Crippen LogP contribution in [0.1, 0.15) is 29.8 Å². The van der Waals surface area contributed by atoms with E-state index in [0.29, 0.717) is 18.7 Å². The largest absolute Gasteiger partial charge is 0.386 e. The highest BCUT2D eigenvalue weighted by molar-refractivity contribution is 5.96. The number of carbonyl (C=O) groups is 1. The number of β-amino-alcohol motifs (C(OH)–C–C–N with tert-alkyl or cyclic N) is 1. The van der Waals surface area contributed by atoms with Crippen LogP contribution in [0.3, 0.4) is 0 Å². The molecule has 4 heteroatoms. The Morgan fingerprint density at radius 3 is 2.61 bits per heavy atom. The van der Waals surface area contributed by atoms with Gasteiger partial charge in [-0.3, -0.25) is 4.79 Å². The number of carbonyl (C=O) groups excluding carboxylic acids is 1. The smallest absolute Gasteiger partial charge is 0.254 e. The van der Waals surface area contributed by atoms with Gasteiger partial charge in [-0.2, -0.15) is 0 Å². The SMILES string of the molecule is Cc1ccc(F)cc1C(=O)N1CC(O)(C(C)C)C1. The fourth-order valence-corrected chi connectivity index (χ4v) is 2.12. The summed E-state index contributed by atoms with van der Waals surface area (Å²) in [6, 6.07) is 4.19. The Morgan fingerprint density at radius 1 is 1.44 bits per heavy atom. The molecule has 1 saturated heterocycles.